The van der Waals surface area contributed by atoms with E-state index in [2.05, 4.69) is 5.32 Å². The third kappa shape index (κ3) is 4.52. The van der Waals surface area contributed by atoms with Crippen LogP contribution in [0, 0.1) is 0 Å². The number of carbonyl (C=O) groups is 2. The minimum atomic E-state index is -0.816. The van der Waals surface area contributed by atoms with Crippen molar-refractivity contribution in [3.8, 4) is 0 Å². The van der Waals surface area contributed by atoms with Crippen LogP contribution in [0.2, 0.25) is 0 Å². The molecule has 1 aromatic heterocycles. The van der Waals surface area contributed by atoms with E-state index in [1.165, 1.54) is 41.5 Å². The largest absolute Gasteiger partial charge is 0.481 e. The molecule has 0 fully saturated rings. The molecule has 0 radical (unpaired) electrons. The second-order valence-corrected chi connectivity index (χ2v) is 7.06. The molecule has 1 aliphatic rings. The zero-order chi connectivity index (χ0) is 14.4. The fourth-order valence-electron chi connectivity index (χ4n) is 2.26. The molecule has 0 saturated carbocycles. The Bertz CT molecular complexity index is 461. The third-order valence-electron chi connectivity index (χ3n) is 3.23. The highest BCUT2D eigenvalue weighted by Gasteiger charge is 2.16. The second-order valence-electron chi connectivity index (χ2n) is 4.82. The summed E-state index contributed by atoms with van der Waals surface area (Å²) in [5, 5.41) is 11.4. The fraction of sp³-hybridized carbons (Fsp3) is 0.571. The lowest BCUT2D eigenvalue weighted by Crippen LogP contribution is -2.25. The van der Waals surface area contributed by atoms with Gasteiger partial charge in [0.05, 0.1) is 10.6 Å². The molecule has 0 aromatic carbocycles. The lowest BCUT2D eigenvalue weighted by molar-refractivity contribution is -0.133. The van der Waals surface area contributed by atoms with Gasteiger partial charge < -0.3 is 10.4 Å². The van der Waals surface area contributed by atoms with Crippen molar-refractivity contribution in [1.29, 1.82) is 0 Å². The number of aliphatic carboxylic acids is 1. The van der Waals surface area contributed by atoms with Crippen LogP contribution in [-0.2, 0) is 17.6 Å². The van der Waals surface area contributed by atoms with E-state index in [1.54, 1.807) is 11.3 Å². The average molecular weight is 313 g/mol. The smallest absolute Gasteiger partial charge is 0.313 e. The van der Waals surface area contributed by atoms with Crippen molar-refractivity contribution in [2.45, 2.75) is 32.1 Å². The van der Waals surface area contributed by atoms with Crippen LogP contribution >= 0.6 is 23.1 Å². The Balaban J connectivity index is 1.79. The molecule has 0 saturated heterocycles. The summed E-state index contributed by atoms with van der Waals surface area (Å²) in [5.74, 6) is -0.130. The number of aryl methyl sites for hydroxylation is 2. The van der Waals surface area contributed by atoms with E-state index in [1.807, 2.05) is 6.07 Å². The summed E-state index contributed by atoms with van der Waals surface area (Å²) in [4.78, 5) is 24.5. The van der Waals surface area contributed by atoms with Gasteiger partial charge in [-0.15, -0.1) is 23.1 Å². The Kier molecular flexibility index (Phi) is 5.91. The molecule has 0 spiro atoms. The SMILES string of the molecule is O=C(O)CSCCNC(=O)c1cc2c(s1)CCCCC2. The lowest BCUT2D eigenvalue weighted by atomic mass is 10.1. The number of hydrogen-bond acceptors (Lipinski definition) is 4. The van der Waals surface area contributed by atoms with Gasteiger partial charge in [-0.25, -0.2) is 0 Å². The molecule has 2 rings (SSSR count). The maximum Gasteiger partial charge on any atom is 0.313 e. The van der Waals surface area contributed by atoms with Gasteiger partial charge in [0.25, 0.3) is 5.91 Å². The van der Waals surface area contributed by atoms with Crippen molar-refractivity contribution in [3.05, 3.63) is 21.4 Å². The molecule has 0 aliphatic heterocycles. The summed E-state index contributed by atoms with van der Waals surface area (Å²) >= 11 is 2.93. The number of fused-ring (bicyclic) bond motifs is 1. The number of hydrogen-bond donors (Lipinski definition) is 2. The fourth-order valence-corrected chi connectivity index (χ4v) is 4.00. The van der Waals surface area contributed by atoms with E-state index in [0.29, 0.717) is 12.3 Å². The van der Waals surface area contributed by atoms with Crippen LogP contribution in [0.3, 0.4) is 0 Å². The Morgan fingerprint density at radius 3 is 2.90 bits per heavy atom. The number of carbonyl (C=O) groups excluding carboxylic acids is 1. The van der Waals surface area contributed by atoms with E-state index in [4.69, 9.17) is 5.11 Å². The van der Waals surface area contributed by atoms with E-state index < -0.39 is 5.97 Å². The number of nitrogens with one attached hydrogen (secondary N) is 1. The number of thiophene rings is 1. The molecular weight excluding hydrogens is 294 g/mol. The Labute approximate surface area is 127 Å². The minimum absolute atomic E-state index is 0.0287. The molecule has 1 aliphatic carbocycles. The molecule has 1 amide bonds. The van der Waals surface area contributed by atoms with Crippen molar-refractivity contribution < 1.29 is 14.7 Å². The number of thioether (sulfide) groups is 1. The molecule has 6 heteroatoms. The van der Waals surface area contributed by atoms with Gasteiger partial charge in [0.15, 0.2) is 0 Å². The lowest BCUT2D eigenvalue weighted by Gasteiger charge is -2.02. The van der Waals surface area contributed by atoms with Crippen LogP contribution in [-0.4, -0.2) is 35.0 Å². The second kappa shape index (κ2) is 7.69. The van der Waals surface area contributed by atoms with Crippen molar-refractivity contribution >= 4 is 35.0 Å². The molecule has 4 nitrogen and oxygen atoms in total. The van der Waals surface area contributed by atoms with Crippen LogP contribution in [0.1, 0.15) is 39.4 Å². The minimum Gasteiger partial charge on any atom is -0.481 e. The van der Waals surface area contributed by atoms with Gasteiger partial charge in [0.1, 0.15) is 0 Å². The summed E-state index contributed by atoms with van der Waals surface area (Å²) in [5.41, 5.74) is 1.35. The first-order valence-electron chi connectivity index (χ1n) is 6.86. The summed E-state index contributed by atoms with van der Waals surface area (Å²) in [7, 11) is 0. The first-order chi connectivity index (χ1) is 9.66. The number of carboxylic acid groups (broad SMARTS) is 1. The van der Waals surface area contributed by atoms with Crippen LogP contribution in [0.4, 0.5) is 0 Å². The van der Waals surface area contributed by atoms with Gasteiger partial charge in [-0.1, -0.05) is 6.42 Å². The highest BCUT2D eigenvalue weighted by molar-refractivity contribution is 7.99. The maximum absolute atomic E-state index is 12.0. The maximum atomic E-state index is 12.0. The molecule has 20 heavy (non-hydrogen) atoms. The molecule has 2 N–H and O–H groups in total. The molecule has 1 aromatic rings. The van der Waals surface area contributed by atoms with Gasteiger partial charge in [-0.05, 0) is 37.3 Å². The van der Waals surface area contributed by atoms with Crippen molar-refractivity contribution in [1.82, 2.24) is 5.32 Å². The standard InChI is InChI=1S/C14H19NO3S2/c16-13(17)9-19-7-6-15-14(18)12-8-10-4-2-1-3-5-11(10)20-12/h8H,1-7,9H2,(H,15,18)(H,16,17). The van der Waals surface area contributed by atoms with Crippen LogP contribution < -0.4 is 5.32 Å². The molecule has 1 heterocycles. The van der Waals surface area contributed by atoms with Crippen molar-refractivity contribution in [3.63, 3.8) is 0 Å². The van der Waals surface area contributed by atoms with E-state index in [9.17, 15) is 9.59 Å². The molecule has 0 bridgehead atoms. The van der Waals surface area contributed by atoms with Gasteiger partial charge in [-0.2, -0.15) is 0 Å². The quantitative estimate of drug-likeness (QED) is 0.626. The van der Waals surface area contributed by atoms with Crippen LogP contribution in [0.15, 0.2) is 6.07 Å². The van der Waals surface area contributed by atoms with Crippen molar-refractivity contribution in [2.24, 2.45) is 0 Å². The van der Waals surface area contributed by atoms with Crippen molar-refractivity contribution in [2.75, 3.05) is 18.1 Å². The summed E-state index contributed by atoms with van der Waals surface area (Å²) in [6.07, 6.45) is 5.91. The number of rotatable bonds is 6. The summed E-state index contributed by atoms with van der Waals surface area (Å²) < 4.78 is 0. The molecular formula is C14H19NO3S2. The summed E-state index contributed by atoms with van der Waals surface area (Å²) in [6, 6.07) is 2.03. The molecule has 0 unspecified atom stereocenters. The van der Waals surface area contributed by atoms with Gasteiger partial charge >= 0.3 is 5.97 Å². The number of carboxylic acids is 1. The van der Waals surface area contributed by atoms with Crippen LogP contribution in [0.5, 0.6) is 0 Å². The third-order valence-corrected chi connectivity index (χ3v) is 5.41. The highest BCUT2D eigenvalue weighted by atomic mass is 32.2. The first kappa shape index (κ1) is 15.4. The van der Waals surface area contributed by atoms with E-state index in [-0.39, 0.29) is 11.7 Å². The molecule has 110 valence electrons. The normalized spacial score (nSPS) is 14.4. The van der Waals surface area contributed by atoms with Gasteiger partial charge in [-0.3, -0.25) is 9.59 Å². The Hall–Kier alpha value is -1.01. The average Bonchev–Trinajstić information content (AvgIpc) is 2.69. The monoisotopic (exact) mass is 313 g/mol. The first-order valence-corrected chi connectivity index (χ1v) is 8.83. The number of amides is 1. The van der Waals surface area contributed by atoms with E-state index >= 15 is 0 Å². The zero-order valence-corrected chi connectivity index (χ0v) is 12.9. The van der Waals surface area contributed by atoms with E-state index in [0.717, 1.165) is 17.7 Å². The topological polar surface area (TPSA) is 66.4 Å². The predicted molar refractivity (Wildman–Crippen MR) is 82.9 cm³/mol. The summed E-state index contributed by atoms with van der Waals surface area (Å²) in [6.45, 7) is 0.513. The van der Waals surface area contributed by atoms with Gasteiger partial charge in [0.2, 0.25) is 0 Å². The predicted octanol–water partition coefficient (Wildman–Crippen LogP) is 2.56. The Morgan fingerprint density at radius 1 is 1.30 bits per heavy atom. The Morgan fingerprint density at radius 2 is 2.10 bits per heavy atom. The van der Waals surface area contributed by atoms with Crippen LogP contribution in [0.25, 0.3) is 0 Å². The highest BCUT2D eigenvalue weighted by Crippen LogP contribution is 2.28. The zero-order valence-electron chi connectivity index (χ0n) is 11.3. The molecule has 0 atom stereocenters. The van der Waals surface area contributed by atoms with Gasteiger partial charge in [0, 0.05) is 17.2 Å².